The molecule has 4 aliphatic carbocycles. The second-order valence-electron chi connectivity index (χ2n) is 11.6. The summed E-state index contributed by atoms with van der Waals surface area (Å²) in [5.74, 6) is 2.84. The first-order valence-electron chi connectivity index (χ1n) is 13.0. The van der Waals surface area contributed by atoms with Gasteiger partial charge in [-0.05, 0) is 81.0 Å². The van der Waals surface area contributed by atoms with Gasteiger partial charge in [0.05, 0.1) is 24.9 Å². The second-order valence-corrected chi connectivity index (χ2v) is 11.6. The third-order valence-electron chi connectivity index (χ3n) is 10.4. The predicted octanol–water partition coefficient (Wildman–Crippen LogP) is 2.64. The SMILES string of the molecule is C[C@]12CC[C@H](OCCN)C[C@H]1CC[C@@H]1[C@@H]2CC[C@]2(C)[C@@H](/C=N/NC3=NCCN3)CC[C@]12O. The largest absolute Gasteiger partial charge is 0.389 e. The van der Waals surface area contributed by atoms with Crippen LogP contribution in [0.3, 0.4) is 0 Å². The molecule has 0 aromatic rings. The van der Waals surface area contributed by atoms with Crippen molar-refractivity contribution in [1.82, 2.24) is 10.7 Å². The Morgan fingerprint density at radius 2 is 2.06 bits per heavy atom. The van der Waals surface area contributed by atoms with Crippen LogP contribution in [0.1, 0.15) is 71.6 Å². The van der Waals surface area contributed by atoms with Crippen LogP contribution in [0.5, 0.6) is 0 Å². The zero-order chi connectivity index (χ0) is 22.4. The molecule has 4 saturated carbocycles. The van der Waals surface area contributed by atoms with Gasteiger partial charge in [-0.1, -0.05) is 13.8 Å². The van der Waals surface area contributed by atoms with Crippen LogP contribution in [-0.2, 0) is 4.74 Å². The highest BCUT2D eigenvalue weighted by atomic mass is 16.5. The fraction of sp³-hybridized carbons (Fsp3) is 0.920. The molecule has 0 radical (unpaired) electrons. The average Bonchev–Trinajstić information content (AvgIpc) is 3.39. The fourth-order valence-electron chi connectivity index (χ4n) is 8.51. The van der Waals surface area contributed by atoms with Gasteiger partial charge in [-0.25, -0.2) is 10.4 Å². The summed E-state index contributed by atoms with van der Waals surface area (Å²) in [4.78, 5) is 4.35. The van der Waals surface area contributed by atoms with E-state index in [2.05, 4.69) is 40.9 Å². The van der Waals surface area contributed by atoms with Gasteiger partial charge in [-0.15, -0.1) is 0 Å². The number of hydrogen-bond donors (Lipinski definition) is 4. The Morgan fingerprint density at radius 3 is 2.84 bits per heavy atom. The number of aliphatic hydroxyl groups is 1. The van der Waals surface area contributed by atoms with Crippen LogP contribution < -0.4 is 16.5 Å². The highest BCUT2D eigenvalue weighted by Gasteiger charge is 2.66. The van der Waals surface area contributed by atoms with Gasteiger partial charge >= 0.3 is 0 Å². The van der Waals surface area contributed by atoms with Crippen molar-refractivity contribution in [2.75, 3.05) is 26.2 Å². The Labute approximate surface area is 193 Å². The molecular weight excluding hydrogens is 402 g/mol. The minimum absolute atomic E-state index is 0.0884. The summed E-state index contributed by atoms with van der Waals surface area (Å²) in [7, 11) is 0. The molecule has 5 rings (SSSR count). The van der Waals surface area contributed by atoms with Crippen LogP contribution in [0.2, 0.25) is 0 Å². The number of nitrogens with zero attached hydrogens (tertiary/aromatic N) is 2. The van der Waals surface area contributed by atoms with Gasteiger partial charge < -0.3 is 20.9 Å². The van der Waals surface area contributed by atoms with Gasteiger partial charge in [-0.2, -0.15) is 5.10 Å². The molecule has 8 atom stereocenters. The third-order valence-corrected chi connectivity index (χ3v) is 10.4. The molecule has 0 unspecified atom stereocenters. The first-order valence-corrected chi connectivity index (χ1v) is 13.0. The molecule has 7 heteroatoms. The molecule has 4 fully saturated rings. The summed E-state index contributed by atoms with van der Waals surface area (Å²) < 4.78 is 6.05. The van der Waals surface area contributed by atoms with E-state index in [9.17, 15) is 5.11 Å². The number of nitrogens with two attached hydrogens (primary N) is 1. The summed E-state index contributed by atoms with van der Waals surface area (Å²) in [5.41, 5.74) is 8.40. The molecule has 0 aromatic heterocycles. The number of fused-ring (bicyclic) bond motifs is 5. The van der Waals surface area contributed by atoms with Crippen molar-refractivity contribution in [3.8, 4) is 0 Å². The number of nitrogens with one attached hydrogen (secondary N) is 2. The molecule has 0 saturated heterocycles. The zero-order valence-corrected chi connectivity index (χ0v) is 20.0. The molecule has 5 aliphatic rings. The van der Waals surface area contributed by atoms with Crippen molar-refractivity contribution >= 4 is 12.2 Å². The van der Waals surface area contributed by atoms with E-state index in [1.807, 2.05) is 0 Å². The van der Waals surface area contributed by atoms with Crippen molar-refractivity contribution in [1.29, 1.82) is 0 Å². The van der Waals surface area contributed by atoms with E-state index in [1.54, 1.807) is 0 Å². The van der Waals surface area contributed by atoms with Crippen molar-refractivity contribution in [2.45, 2.75) is 83.3 Å². The number of hydrazone groups is 1. The molecule has 1 aliphatic heterocycles. The fourth-order valence-corrected chi connectivity index (χ4v) is 8.51. The van der Waals surface area contributed by atoms with E-state index in [0.29, 0.717) is 42.4 Å². The van der Waals surface area contributed by atoms with Crippen LogP contribution in [-0.4, -0.2) is 55.2 Å². The van der Waals surface area contributed by atoms with Gasteiger partial charge in [0.15, 0.2) is 0 Å². The smallest absolute Gasteiger partial charge is 0.212 e. The molecule has 1 heterocycles. The first-order chi connectivity index (χ1) is 15.4. The Bertz CT molecular complexity index is 759. The summed E-state index contributed by atoms with van der Waals surface area (Å²) in [6.45, 7) is 7.85. The standard InChI is InChI=1S/C25H43N5O2/c1-23-8-6-19(32-14-11-26)15-17(23)3-4-21-20(23)7-9-24(2)18(5-10-25(21,24)31)16-29-30-22-27-12-13-28-22/h16-21,31H,3-15,26H2,1-2H3,(H2,27,28,30)/b29-16+/t17-,18-,19+,20+,21-,23+,24-,25+/m1/s1. The molecule has 180 valence electrons. The number of hydrogen-bond acceptors (Lipinski definition) is 7. The first kappa shape index (κ1) is 22.6. The monoisotopic (exact) mass is 445 g/mol. The average molecular weight is 446 g/mol. The lowest BCUT2D eigenvalue weighted by molar-refractivity contribution is -0.207. The van der Waals surface area contributed by atoms with E-state index < -0.39 is 5.60 Å². The van der Waals surface area contributed by atoms with Crippen LogP contribution >= 0.6 is 0 Å². The van der Waals surface area contributed by atoms with E-state index in [-0.39, 0.29) is 5.41 Å². The Morgan fingerprint density at radius 1 is 1.19 bits per heavy atom. The van der Waals surface area contributed by atoms with E-state index >= 15 is 0 Å². The Balaban J connectivity index is 1.30. The lowest BCUT2D eigenvalue weighted by Crippen LogP contribution is -2.62. The summed E-state index contributed by atoms with van der Waals surface area (Å²) in [6.07, 6.45) is 12.6. The summed E-state index contributed by atoms with van der Waals surface area (Å²) >= 11 is 0. The van der Waals surface area contributed by atoms with Gasteiger partial charge in [0.2, 0.25) is 5.96 Å². The van der Waals surface area contributed by atoms with Crippen LogP contribution in [0.25, 0.3) is 0 Å². The van der Waals surface area contributed by atoms with Gasteiger partial charge in [0, 0.05) is 30.6 Å². The molecule has 7 nitrogen and oxygen atoms in total. The van der Waals surface area contributed by atoms with Crippen molar-refractivity contribution in [2.24, 2.45) is 50.3 Å². The van der Waals surface area contributed by atoms with Crippen LogP contribution in [0.15, 0.2) is 10.1 Å². The molecule has 5 N–H and O–H groups in total. The number of aliphatic imine (C=N–C) groups is 1. The van der Waals surface area contributed by atoms with E-state index in [4.69, 9.17) is 10.5 Å². The highest BCUT2D eigenvalue weighted by molar-refractivity contribution is 5.81. The van der Waals surface area contributed by atoms with Crippen molar-refractivity contribution in [3.63, 3.8) is 0 Å². The minimum atomic E-state index is -0.573. The third kappa shape index (κ3) is 3.50. The van der Waals surface area contributed by atoms with Crippen molar-refractivity contribution < 1.29 is 9.84 Å². The van der Waals surface area contributed by atoms with E-state index in [0.717, 1.165) is 57.1 Å². The topological polar surface area (TPSA) is 104 Å². The number of rotatable bonds is 5. The van der Waals surface area contributed by atoms with Gasteiger partial charge in [0.1, 0.15) is 0 Å². The summed E-state index contributed by atoms with van der Waals surface area (Å²) in [6, 6.07) is 0. The molecule has 0 spiro atoms. The molecule has 32 heavy (non-hydrogen) atoms. The molecular formula is C25H43N5O2. The molecule has 0 aromatic carbocycles. The zero-order valence-electron chi connectivity index (χ0n) is 20.0. The maximum Gasteiger partial charge on any atom is 0.212 e. The maximum atomic E-state index is 12.3. The lowest BCUT2D eigenvalue weighted by atomic mass is 9.43. The van der Waals surface area contributed by atoms with Crippen molar-refractivity contribution in [3.05, 3.63) is 0 Å². The van der Waals surface area contributed by atoms with Gasteiger partial charge in [0.25, 0.3) is 0 Å². The number of ether oxygens (including phenoxy) is 1. The highest BCUT2D eigenvalue weighted by Crippen LogP contribution is 2.68. The number of guanidine groups is 1. The van der Waals surface area contributed by atoms with E-state index in [1.165, 1.54) is 25.7 Å². The summed E-state index contributed by atoms with van der Waals surface area (Å²) in [5, 5.41) is 20.0. The maximum absolute atomic E-state index is 12.3. The second kappa shape index (κ2) is 8.55. The van der Waals surface area contributed by atoms with Gasteiger partial charge in [-0.3, -0.25) is 0 Å². The Hall–Kier alpha value is -1.18. The van der Waals surface area contributed by atoms with Crippen LogP contribution in [0.4, 0.5) is 0 Å². The Kier molecular flexibility index (Phi) is 6.04. The minimum Gasteiger partial charge on any atom is -0.389 e. The quantitative estimate of drug-likeness (QED) is 0.385. The lowest BCUT2D eigenvalue weighted by Gasteiger charge is -2.63. The normalized spacial score (nSPS) is 48.0. The van der Waals surface area contributed by atoms with Crippen LogP contribution in [0, 0.1) is 34.5 Å². The predicted molar refractivity (Wildman–Crippen MR) is 127 cm³/mol. The molecule has 0 amide bonds. The molecule has 0 bridgehead atoms.